The number of nitriles is 1. The van der Waals surface area contributed by atoms with E-state index in [0.29, 0.717) is 6.54 Å². The van der Waals surface area contributed by atoms with Crippen LogP contribution in [0.3, 0.4) is 0 Å². The Labute approximate surface area is 91.8 Å². The van der Waals surface area contributed by atoms with Gasteiger partial charge in [0.1, 0.15) is 0 Å². The third kappa shape index (κ3) is 6.42. The average molecular weight is 211 g/mol. The quantitative estimate of drug-likeness (QED) is 0.465. The molecule has 0 bridgehead atoms. The van der Waals surface area contributed by atoms with Crippen LogP contribution in [0.15, 0.2) is 0 Å². The van der Waals surface area contributed by atoms with Gasteiger partial charge in [-0.3, -0.25) is 4.90 Å². The lowest BCUT2D eigenvalue weighted by atomic mass is 10.4. The fourth-order valence-electron chi connectivity index (χ4n) is 1.57. The van der Waals surface area contributed by atoms with E-state index in [2.05, 4.69) is 26.9 Å². The maximum atomic E-state index is 8.66. The number of rotatable bonds is 1. The van der Waals surface area contributed by atoms with E-state index in [9.17, 15) is 0 Å². The van der Waals surface area contributed by atoms with Crippen molar-refractivity contribution in [2.24, 2.45) is 0 Å². The molecule has 1 aliphatic rings. The molecule has 1 saturated heterocycles. The molecule has 86 valence electrons. The highest BCUT2D eigenvalue weighted by Gasteiger charge is 2.03. The van der Waals surface area contributed by atoms with E-state index < -0.39 is 0 Å². The maximum absolute atomic E-state index is 8.66. The summed E-state index contributed by atoms with van der Waals surface area (Å²) in [6, 6.07) is 2.21. The third-order valence-electron chi connectivity index (χ3n) is 2.46. The van der Waals surface area contributed by atoms with Gasteiger partial charge in [-0.25, -0.2) is 0 Å². The monoisotopic (exact) mass is 211 g/mol. The summed E-state index contributed by atoms with van der Waals surface area (Å²) in [6.45, 7) is 8.39. The first-order chi connectivity index (χ1) is 7.43. The third-order valence-corrected chi connectivity index (χ3v) is 2.46. The first-order valence-corrected chi connectivity index (χ1v) is 5.65. The van der Waals surface area contributed by atoms with Gasteiger partial charge in [-0.1, -0.05) is 0 Å². The van der Waals surface area contributed by atoms with Crippen LogP contribution in [0.5, 0.6) is 0 Å². The van der Waals surface area contributed by atoms with Crippen LogP contribution in [0.2, 0.25) is 0 Å². The molecule has 0 aromatic heterocycles. The minimum absolute atomic E-state index is 0.529. The molecule has 5 nitrogen and oxygen atoms in total. The standard InChI is InChI=1S/C10H21N5/c11-1-8-15-9-6-13-4-2-12-3-5-14-7-10-15/h12-14H,2-10H2. The summed E-state index contributed by atoms with van der Waals surface area (Å²) in [7, 11) is 0. The second kappa shape index (κ2) is 8.62. The van der Waals surface area contributed by atoms with E-state index in [1.54, 1.807) is 0 Å². The summed E-state index contributed by atoms with van der Waals surface area (Å²) in [5, 5.41) is 18.7. The fourth-order valence-corrected chi connectivity index (χ4v) is 1.57. The predicted octanol–water partition coefficient (Wildman–Crippen LogP) is -1.41. The summed E-state index contributed by atoms with van der Waals surface area (Å²) in [4.78, 5) is 2.18. The zero-order chi connectivity index (χ0) is 10.8. The lowest BCUT2D eigenvalue weighted by Crippen LogP contribution is -2.41. The molecule has 0 aromatic carbocycles. The minimum atomic E-state index is 0.529. The molecule has 0 aliphatic carbocycles. The van der Waals surface area contributed by atoms with E-state index in [1.165, 1.54) is 0 Å². The van der Waals surface area contributed by atoms with Crippen LogP contribution in [0.4, 0.5) is 0 Å². The van der Waals surface area contributed by atoms with Crippen LogP contribution in [0, 0.1) is 11.3 Å². The van der Waals surface area contributed by atoms with Crippen molar-refractivity contribution >= 4 is 0 Å². The molecule has 0 aromatic rings. The highest BCUT2D eigenvalue weighted by Crippen LogP contribution is 1.85. The molecule has 0 amide bonds. The smallest absolute Gasteiger partial charge is 0.0866 e. The number of hydrogen-bond donors (Lipinski definition) is 3. The van der Waals surface area contributed by atoms with Gasteiger partial charge in [0.25, 0.3) is 0 Å². The zero-order valence-electron chi connectivity index (χ0n) is 9.26. The molecule has 1 fully saturated rings. The van der Waals surface area contributed by atoms with Gasteiger partial charge in [-0.05, 0) is 0 Å². The Bertz CT molecular complexity index is 177. The van der Waals surface area contributed by atoms with E-state index in [4.69, 9.17) is 5.26 Å². The number of nitrogens with one attached hydrogen (secondary N) is 3. The van der Waals surface area contributed by atoms with Crippen LogP contribution >= 0.6 is 0 Å². The van der Waals surface area contributed by atoms with Crippen molar-refractivity contribution in [2.75, 3.05) is 58.9 Å². The summed E-state index contributed by atoms with van der Waals surface area (Å²) < 4.78 is 0. The van der Waals surface area contributed by atoms with E-state index in [-0.39, 0.29) is 0 Å². The first-order valence-electron chi connectivity index (χ1n) is 5.65. The second-order valence-electron chi connectivity index (χ2n) is 3.68. The molecule has 15 heavy (non-hydrogen) atoms. The Morgan fingerprint density at radius 2 is 1.33 bits per heavy atom. The molecule has 0 radical (unpaired) electrons. The Hall–Kier alpha value is -0.670. The van der Waals surface area contributed by atoms with Crippen molar-refractivity contribution in [1.82, 2.24) is 20.9 Å². The molecular weight excluding hydrogens is 190 g/mol. The lowest BCUT2D eigenvalue weighted by molar-refractivity contribution is 0.300. The summed E-state index contributed by atoms with van der Waals surface area (Å²) in [6.07, 6.45) is 0. The molecule has 1 aliphatic heterocycles. The van der Waals surface area contributed by atoms with Gasteiger partial charge in [-0.2, -0.15) is 5.26 Å². The molecule has 1 rings (SSSR count). The topological polar surface area (TPSA) is 63.1 Å². The van der Waals surface area contributed by atoms with Gasteiger partial charge in [0.15, 0.2) is 0 Å². The van der Waals surface area contributed by atoms with E-state index in [1.807, 2.05) is 0 Å². The van der Waals surface area contributed by atoms with Crippen LogP contribution in [-0.4, -0.2) is 63.8 Å². The van der Waals surface area contributed by atoms with Gasteiger partial charge in [-0.15, -0.1) is 0 Å². The SMILES string of the molecule is N#CCN1CCNCCNCCNCC1. The lowest BCUT2D eigenvalue weighted by Gasteiger charge is -2.20. The average Bonchev–Trinajstić information content (AvgIpc) is 2.22. The van der Waals surface area contributed by atoms with Crippen LogP contribution < -0.4 is 16.0 Å². The van der Waals surface area contributed by atoms with Gasteiger partial charge in [0.2, 0.25) is 0 Å². The zero-order valence-corrected chi connectivity index (χ0v) is 9.26. The Morgan fingerprint density at radius 3 is 1.80 bits per heavy atom. The van der Waals surface area contributed by atoms with E-state index in [0.717, 1.165) is 52.4 Å². The predicted molar refractivity (Wildman–Crippen MR) is 60.7 cm³/mol. The second-order valence-corrected chi connectivity index (χ2v) is 3.68. The number of nitrogens with zero attached hydrogens (tertiary/aromatic N) is 2. The van der Waals surface area contributed by atoms with Crippen molar-refractivity contribution in [2.45, 2.75) is 0 Å². The van der Waals surface area contributed by atoms with Crippen molar-refractivity contribution in [1.29, 1.82) is 5.26 Å². The molecule has 3 N–H and O–H groups in total. The highest BCUT2D eigenvalue weighted by molar-refractivity contribution is 4.77. The first kappa shape index (κ1) is 12.4. The van der Waals surface area contributed by atoms with Crippen molar-refractivity contribution in [3.8, 4) is 6.07 Å². The van der Waals surface area contributed by atoms with E-state index >= 15 is 0 Å². The molecular formula is C10H21N5. The van der Waals surface area contributed by atoms with Crippen LogP contribution in [-0.2, 0) is 0 Å². The summed E-state index contributed by atoms with van der Waals surface area (Å²) in [5.41, 5.74) is 0. The number of hydrogen-bond acceptors (Lipinski definition) is 5. The molecule has 1 heterocycles. The minimum Gasteiger partial charge on any atom is -0.314 e. The van der Waals surface area contributed by atoms with Gasteiger partial charge < -0.3 is 16.0 Å². The van der Waals surface area contributed by atoms with Crippen molar-refractivity contribution in [3.05, 3.63) is 0 Å². The molecule has 0 unspecified atom stereocenters. The molecule has 5 heteroatoms. The van der Waals surface area contributed by atoms with Gasteiger partial charge in [0.05, 0.1) is 12.6 Å². The van der Waals surface area contributed by atoms with Gasteiger partial charge >= 0.3 is 0 Å². The summed E-state index contributed by atoms with van der Waals surface area (Å²) in [5.74, 6) is 0. The van der Waals surface area contributed by atoms with Gasteiger partial charge in [0, 0.05) is 52.4 Å². The maximum Gasteiger partial charge on any atom is 0.0866 e. The normalized spacial score (nSPS) is 22.3. The fraction of sp³-hybridized carbons (Fsp3) is 0.900. The van der Waals surface area contributed by atoms with Crippen molar-refractivity contribution in [3.63, 3.8) is 0 Å². The van der Waals surface area contributed by atoms with Crippen molar-refractivity contribution < 1.29 is 0 Å². The molecule has 0 spiro atoms. The Kier molecular flexibility index (Phi) is 7.13. The van der Waals surface area contributed by atoms with Crippen LogP contribution in [0.25, 0.3) is 0 Å². The largest absolute Gasteiger partial charge is 0.314 e. The highest BCUT2D eigenvalue weighted by atomic mass is 15.2. The Morgan fingerprint density at radius 1 is 0.867 bits per heavy atom. The Balaban J connectivity index is 2.23. The summed E-state index contributed by atoms with van der Waals surface area (Å²) >= 11 is 0. The van der Waals surface area contributed by atoms with Crippen LogP contribution in [0.1, 0.15) is 0 Å². The molecule has 0 atom stereocenters. The molecule has 0 saturated carbocycles.